The van der Waals surface area contributed by atoms with Crippen LogP contribution in [0.25, 0.3) is 10.6 Å². The number of aromatic nitrogens is 1. The van der Waals surface area contributed by atoms with Crippen molar-refractivity contribution >= 4 is 35.6 Å². The number of nitrogens with zero attached hydrogens (tertiary/aromatic N) is 2. The highest BCUT2D eigenvalue weighted by molar-refractivity contribution is 7.15. The molecule has 0 unspecified atom stereocenters. The molecule has 29 heavy (non-hydrogen) atoms. The Morgan fingerprint density at radius 1 is 1.34 bits per heavy atom. The van der Waals surface area contributed by atoms with Gasteiger partial charge in [-0.2, -0.15) is 0 Å². The zero-order valence-electron chi connectivity index (χ0n) is 16.6. The van der Waals surface area contributed by atoms with Crippen LogP contribution in [-0.4, -0.2) is 47.9 Å². The minimum Gasteiger partial charge on any atom is -0.497 e. The maximum atomic E-state index is 12.6. The number of methoxy groups -OCH3 is 1. The van der Waals surface area contributed by atoms with Crippen molar-refractivity contribution in [1.82, 2.24) is 15.2 Å². The van der Waals surface area contributed by atoms with Crippen molar-refractivity contribution in [1.29, 1.82) is 0 Å². The topological polar surface area (TPSA) is 97.5 Å². The lowest BCUT2D eigenvalue weighted by Gasteiger charge is -2.23. The molecule has 1 aliphatic heterocycles. The maximum Gasteiger partial charge on any atom is 0.225 e. The second-order valence-electron chi connectivity index (χ2n) is 7.04. The lowest BCUT2D eigenvalue weighted by Crippen LogP contribution is -2.42. The Morgan fingerprint density at radius 2 is 2.14 bits per heavy atom. The van der Waals surface area contributed by atoms with E-state index in [4.69, 9.17) is 10.5 Å². The van der Waals surface area contributed by atoms with Crippen LogP contribution in [0.3, 0.4) is 0 Å². The van der Waals surface area contributed by atoms with Gasteiger partial charge in [0.25, 0.3) is 0 Å². The van der Waals surface area contributed by atoms with Gasteiger partial charge in [0.05, 0.1) is 19.6 Å². The number of benzene rings is 1. The van der Waals surface area contributed by atoms with Crippen molar-refractivity contribution in [3.05, 3.63) is 35.3 Å². The summed E-state index contributed by atoms with van der Waals surface area (Å²) in [6, 6.07) is 7.66. The van der Waals surface area contributed by atoms with Crippen LogP contribution in [0, 0.1) is 5.92 Å². The summed E-state index contributed by atoms with van der Waals surface area (Å²) in [4.78, 5) is 31.5. The standard InChI is InChI=1S/C20H26N4O3S.ClH/c1-13(25)24-11-15(6-7-16(21)12-24)19(26)22-9-18-10-23-20(28-18)14-4-3-5-17(8-14)27-2;/h3-5,8,10,15-16H,6-7,9,11-12,21H2,1-2H3,(H,22,26);1H/t15-,16+;/m1./s1. The lowest BCUT2D eigenvalue weighted by molar-refractivity contribution is -0.131. The molecule has 0 spiro atoms. The van der Waals surface area contributed by atoms with Crippen molar-refractivity contribution < 1.29 is 14.3 Å². The summed E-state index contributed by atoms with van der Waals surface area (Å²) >= 11 is 1.54. The summed E-state index contributed by atoms with van der Waals surface area (Å²) in [7, 11) is 1.63. The number of rotatable bonds is 5. The molecule has 1 saturated heterocycles. The van der Waals surface area contributed by atoms with Gasteiger partial charge in [0.15, 0.2) is 0 Å². The van der Waals surface area contributed by atoms with E-state index in [0.29, 0.717) is 26.1 Å². The number of amides is 2. The predicted octanol–water partition coefficient (Wildman–Crippen LogP) is 2.44. The van der Waals surface area contributed by atoms with Gasteiger partial charge < -0.3 is 20.7 Å². The van der Waals surface area contributed by atoms with Gasteiger partial charge in [-0.05, 0) is 25.0 Å². The van der Waals surface area contributed by atoms with Crippen LogP contribution in [0.1, 0.15) is 24.6 Å². The van der Waals surface area contributed by atoms with E-state index in [0.717, 1.165) is 27.6 Å². The van der Waals surface area contributed by atoms with E-state index in [1.54, 1.807) is 18.2 Å². The highest BCUT2D eigenvalue weighted by Gasteiger charge is 2.28. The summed E-state index contributed by atoms with van der Waals surface area (Å²) < 4.78 is 5.26. The van der Waals surface area contributed by atoms with Gasteiger partial charge in [-0.15, -0.1) is 23.7 Å². The fraction of sp³-hybridized carbons (Fsp3) is 0.450. The van der Waals surface area contributed by atoms with Gasteiger partial charge in [-0.1, -0.05) is 12.1 Å². The number of carbonyl (C=O) groups is 2. The first kappa shape index (κ1) is 23.1. The first-order chi connectivity index (χ1) is 13.5. The van der Waals surface area contributed by atoms with Gasteiger partial charge in [0, 0.05) is 42.7 Å². The number of hydrogen-bond acceptors (Lipinski definition) is 6. The molecule has 2 heterocycles. The average molecular weight is 439 g/mol. The molecule has 1 aromatic carbocycles. The Labute approximate surface area is 181 Å². The van der Waals surface area contributed by atoms with Crippen molar-refractivity contribution in [2.75, 3.05) is 20.2 Å². The molecule has 1 fully saturated rings. The first-order valence-electron chi connectivity index (χ1n) is 9.34. The van der Waals surface area contributed by atoms with Crippen LogP contribution in [0.4, 0.5) is 0 Å². The quantitative estimate of drug-likeness (QED) is 0.747. The molecule has 158 valence electrons. The van der Waals surface area contributed by atoms with Gasteiger partial charge >= 0.3 is 0 Å². The van der Waals surface area contributed by atoms with Crippen LogP contribution >= 0.6 is 23.7 Å². The number of nitrogens with two attached hydrogens (primary N) is 1. The second kappa shape index (κ2) is 10.6. The summed E-state index contributed by atoms with van der Waals surface area (Å²) in [5.74, 6) is 0.463. The van der Waals surface area contributed by atoms with Crippen LogP contribution < -0.4 is 15.8 Å². The average Bonchev–Trinajstić information content (AvgIpc) is 3.08. The summed E-state index contributed by atoms with van der Waals surface area (Å²) in [6.45, 7) is 2.87. The number of hydrogen-bond donors (Lipinski definition) is 2. The fourth-order valence-electron chi connectivity index (χ4n) is 3.29. The number of nitrogens with one attached hydrogen (secondary N) is 1. The number of likely N-dealkylation sites (tertiary alicyclic amines) is 1. The molecule has 0 saturated carbocycles. The van der Waals surface area contributed by atoms with E-state index in [9.17, 15) is 9.59 Å². The fourth-order valence-corrected chi connectivity index (χ4v) is 4.14. The molecule has 0 radical (unpaired) electrons. The van der Waals surface area contributed by atoms with Gasteiger partial charge in [0.2, 0.25) is 11.8 Å². The molecular weight excluding hydrogens is 412 g/mol. The largest absolute Gasteiger partial charge is 0.497 e. The van der Waals surface area contributed by atoms with Crippen molar-refractivity contribution in [3.63, 3.8) is 0 Å². The van der Waals surface area contributed by atoms with Gasteiger partial charge in [-0.3, -0.25) is 9.59 Å². The first-order valence-corrected chi connectivity index (χ1v) is 10.2. The number of thiazole rings is 1. The van der Waals surface area contributed by atoms with E-state index in [1.807, 2.05) is 24.3 Å². The number of carbonyl (C=O) groups excluding carboxylic acids is 2. The van der Waals surface area contributed by atoms with E-state index >= 15 is 0 Å². The monoisotopic (exact) mass is 438 g/mol. The van der Waals surface area contributed by atoms with Crippen LogP contribution in [-0.2, 0) is 16.1 Å². The normalized spacial score (nSPS) is 19.1. The van der Waals surface area contributed by atoms with Crippen LogP contribution in [0.5, 0.6) is 5.75 Å². The van der Waals surface area contributed by atoms with Crippen molar-refractivity contribution in [2.45, 2.75) is 32.4 Å². The predicted molar refractivity (Wildman–Crippen MR) is 116 cm³/mol. The minimum atomic E-state index is -0.233. The Balaban J connectivity index is 0.00000300. The molecule has 2 aromatic rings. The van der Waals surface area contributed by atoms with Crippen LogP contribution in [0.15, 0.2) is 30.5 Å². The molecular formula is C20H27ClN4O3S. The SMILES string of the molecule is COc1cccc(-c2ncc(CNC(=O)[C@@H]3CC[C@H](N)CN(C(C)=O)C3)s2)c1.Cl. The molecule has 0 bridgehead atoms. The zero-order valence-corrected chi connectivity index (χ0v) is 18.2. The lowest BCUT2D eigenvalue weighted by atomic mass is 10.0. The second-order valence-corrected chi connectivity index (χ2v) is 8.16. The summed E-state index contributed by atoms with van der Waals surface area (Å²) in [5.41, 5.74) is 7.01. The Bertz CT molecular complexity index is 845. The summed E-state index contributed by atoms with van der Waals surface area (Å²) in [5, 5.41) is 3.87. The molecule has 7 nitrogen and oxygen atoms in total. The molecule has 0 aliphatic carbocycles. The number of halogens is 1. The third kappa shape index (κ3) is 6.16. The molecule has 9 heteroatoms. The van der Waals surface area contributed by atoms with Gasteiger partial charge in [0.1, 0.15) is 10.8 Å². The van der Waals surface area contributed by atoms with E-state index < -0.39 is 0 Å². The van der Waals surface area contributed by atoms with E-state index in [-0.39, 0.29) is 36.2 Å². The molecule has 1 aromatic heterocycles. The zero-order chi connectivity index (χ0) is 20.1. The Morgan fingerprint density at radius 3 is 2.86 bits per heavy atom. The number of ether oxygens (including phenoxy) is 1. The third-order valence-corrected chi connectivity index (χ3v) is 5.95. The highest BCUT2D eigenvalue weighted by atomic mass is 35.5. The minimum absolute atomic E-state index is 0. The Kier molecular flexibility index (Phi) is 8.43. The van der Waals surface area contributed by atoms with E-state index in [1.165, 1.54) is 18.3 Å². The molecule has 2 atom stereocenters. The Hall–Kier alpha value is -2.16. The molecule has 1 aliphatic rings. The maximum absolute atomic E-state index is 12.6. The molecule has 3 N–H and O–H groups in total. The van der Waals surface area contributed by atoms with Crippen LogP contribution in [0.2, 0.25) is 0 Å². The molecule has 2 amide bonds. The molecule has 3 rings (SSSR count). The summed E-state index contributed by atoms with van der Waals surface area (Å²) in [6.07, 6.45) is 3.21. The smallest absolute Gasteiger partial charge is 0.225 e. The highest BCUT2D eigenvalue weighted by Crippen LogP contribution is 2.28. The van der Waals surface area contributed by atoms with Crippen molar-refractivity contribution in [3.8, 4) is 16.3 Å². The van der Waals surface area contributed by atoms with Crippen molar-refractivity contribution in [2.24, 2.45) is 11.7 Å². The third-order valence-electron chi connectivity index (χ3n) is 4.90. The van der Waals surface area contributed by atoms with Gasteiger partial charge in [-0.25, -0.2) is 4.98 Å². The van der Waals surface area contributed by atoms with E-state index in [2.05, 4.69) is 10.3 Å².